The minimum absolute atomic E-state index is 0.374. The molecular weight excluding hydrogens is 354 g/mol. The highest BCUT2D eigenvalue weighted by Gasteiger charge is 2.17. The first kappa shape index (κ1) is 19.7. The van der Waals surface area contributed by atoms with Crippen molar-refractivity contribution in [2.45, 2.75) is 40.8 Å². The molecule has 0 aliphatic rings. The van der Waals surface area contributed by atoms with Gasteiger partial charge in [-0.3, -0.25) is 9.59 Å². The van der Waals surface area contributed by atoms with Gasteiger partial charge < -0.3 is 15.2 Å². The third-order valence-corrected chi connectivity index (χ3v) is 4.29. The molecule has 28 heavy (non-hydrogen) atoms. The van der Waals surface area contributed by atoms with Crippen LogP contribution in [0.2, 0.25) is 0 Å². The maximum Gasteiger partial charge on any atom is 0.315 e. The van der Waals surface area contributed by atoms with E-state index in [4.69, 9.17) is 0 Å². The van der Waals surface area contributed by atoms with Crippen molar-refractivity contribution in [1.29, 1.82) is 0 Å². The number of nitrogens with one attached hydrogen (secondary N) is 2. The highest BCUT2D eigenvalue weighted by molar-refractivity contribution is 6.43. The number of anilines is 2. The molecule has 2 N–H and O–H groups in total. The minimum Gasteiger partial charge on any atom is -0.347 e. The van der Waals surface area contributed by atoms with Gasteiger partial charge in [-0.2, -0.15) is 5.10 Å². The Hall–Kier alpha value is -3.09. The number of hydrogen-bond donors (Lipinski definition) is 2. The molecule has 0 atom stereocenters. The van der Waals surface area contributed by atoms with Gasteiger partial charge in [0.25, 0.3) is 0 Å². The Morgan fingerprint density at radius 2 is 1.68 bits per heavy atom. The van der Waals surface area contributed by atoms with Crippen molar-refractivity contribution in [2.75, 3.05) is 10.6 Å². The van der Waals surface area contributed by atoms with Crippen LogP contribution < -0.4 is 10.6 Å². The summed E-state index contributed by atoms with van der Waals surface area (Å²) >= 11 is 0. The Labute approximate surface area is 164 Å². The molecule has 7 heteroatoms. The highest BCUT2D eigenvalue weighted by atomic mass is 16.2. The monoisotopic (exact) mass is 381 g/mol. The highest BCUT2D eigenvalue weighted by Crippen LogP contribution is 2.21. The van der Waals surface area contributed by atoms with Gasteiger partial charge in [0.15, 0.2) is 0 Å². The zero-order valence-electron chi connectivity index (χ0n) is 16.8. The topological polar surface area (TPSA) is 80.9 Å². The fourth-order valence-corrected chi connectivity index (χ4v) is 3.12. The van der Waals surface area contributed by atoms with Crippen molar-refractivity contribution in [3.05, 3.63) is 42.7 Å². The van der Waals surface area contributed by atoms with E-state index >= 15 is 0 Å². The van der Waals surface area contributed by atoms with Gasteiger partial charge >= 0.3 is 11.8 Å². The molecule has 0 unspecified atom stereocenters. The lowest BCUT2D eigenvalue weighted by Crippen LogP contribution is -2.30. The first-order valence-corrected chi connectivity index (χ1v) is 9.56. The van der Waals surface area contributed by atoms with Crippen LogP contribution in [0.1, 0.15) is 27.7 Å². The summed E-state index contributed by atoms with van der Waals surface area (Å²) in [7, 11) is 0. The van der Waals surface area contributed by atoms with E-state index < -0.39 is 11.8 Å². The molecule has 0 aliphatic heterocycles. The van der Waals surface area contributed by atoms with Gasteiger partial charge in [0.1, 0.15) is 5.82 Å². The Morgan fingerprint density at radius 1 is 0.964 bits per heavy atom. The summed E-state index contributed by atoms with van der Waals surface area (Å²) in [5.41, 5.74) is 1.69. The van der Waals surface area contributed by atoms with Gasteiger partial charge in [-0.1, -0.05) is 27.7 Å². The van der Waals surface area contributed by atoms with Gasteiger partial charge in [-0.15, -0.1) is 0 Å². The summed E-state index contributed by atoms with van der Waals surface area (Å²) in [5, 5.41) is 10.5. The predicted molar refractivity (Wildman–Crippen MR) is 111 cm³/mol. The van der Waals surface area contributed by atoms with Crippen LogP contribution in [0, 0.1) is 11.8 Å². The van der Waals surface area contributed by atoms with Crippen LogP contribution in [0.15, 0.2) is 42.7 Å². The molecule has 0 saturated heterocycles. The van der Waals surface area contributed by atoms with Gasteiger partial charge in [-0.05, 0) is 36.1 Å². The molecule has 2 heterocycles. The molecule has 148 valence electrons. The number of carbonyl (C=O) groups excluding carboxylic acids is 2. The second-order valence-corrected chi connectivity index (χ2v) is 7.84. The van der Waals surface area contributed by atoms with E-state index in [2.05, 4.69) is 48.0 Å². The van der Waals surface area contributed by atoms with E-state index in [9.17, 15) is 9.59 Å². The molecule has 2 amide bonds. The van der Waals surface area contributed by atoms with Crippen LogP contribution in [0.25, 0.3) is 10.9 Å². The normalized spacial score (nSPS) is 11.4. The Balaban J connectivity index is 1.67. The number of fused-ring (bicyclic) bond motifs is 1. The average Bonchev–Trinajstić information content (AvgIpc) is 3.21. The van der Waals surface area contributed by atoms with E-state index in [1.165, 1.54) is 0 Å². The first-order valence-electron chi connectivity index (χ1n) is 9.56. The summed E-state index contributed by atoms with van der Waals surface area (Å²) in [4.78, 5) is 24.6. The van der Waals surface area contributed by atoms with E-state index in [1.54, 1.807) is 16.9 Å². The molecule has 0 spiro atoms. The number of aromatic nitrogens is 3. The number of nitrogens with zero attached hydrogens (tertiary/aromatic N) is 3. The lowest BCUT2D eigenvalue weighted by Gasteiger charge is -2.11. The lowest BCUT2D eigenvalue weighted by molar-refractivity contribution is -0.133. The fourth-order valence-electron chi connectivity index (χ4n) is 3.12. The third-order valence-electron chi connectivity index (χ3n) is 4.29. The van der Waals surface area contributed by atoms with Crippen molar-refractivity contribution in [3.63, 3.8) is 0 Å². The van der Waals surface area contributed by atoms with Gasteiger partial charge in [0, 0.05) is 41.9 Å². The summed E-state index contributed by atoms with van der Waals surface area (Å²) in [5.74, 6) is -0.00165. The fraction of sp³-hybridized carbons (Fsp3) is 0.381. The molecule has 0 bridgehead atoms. The van der Waals surface area contributed by atoms with Crippen molar-refractivity contribution >= 4 is 34.2 Å². The molecule has 7 nitrogen and oxygen atoms in total. The lowest BCUT2D eigenvalue weighted by atomic mass is 10.2. The predicted octanol–water partition coefficient (Wildman–Crippen LogP) is 3.73. The summed E-state index contributed by atoms with van der Waals surface area (Å²) in [6.07, 6.45) is 3.64. The van der Waals surface area contributed by atoms with Crippen molar-refractivity contribution in [1.82, 2.24) is 14.3 Å². The molecule has 0 fully saturated rings. The molecule has 3 aromatic rings. The van der Waals surface area contributed by atoms with Crippen molar-refractivity contribution < 1.29 is 9.59 Å². The number of benzene rings is 1. The molecule has 3 rings (SSSR count). The molecule has 2 aromatic heterocycles. The van der Waals surface area contributed by atoms with E-state index in [0.717, 1.165) is 17.4 Å². The largest absolute Gasteiger partial charge is 0.347 e. The SMILES string of the molecule is CC(C)Cn1nccc1NC(=O)C(=O)Nc1ccc2c(ccn2CC(C)C)c1. The standard InChI is InChI=1S/C21H27N5O2/c1-14(2)12-25-10-8-16-11-17(5-6-18(16)25)23-20(27)21(28)24-19-7-9-22-26(19)13-15(3)4/h5-11,14-15H,12-13H2,1-4H3,(H,23,27)(H,24,28). The number of hydrogen-bond acceptors (Lipinski definition) is 3. The Bertz CT molecular complexity index is 984. The zero-order valence-corrected chi connectivity index (χ0v) is 16.8. The van der Waals surface area contributed by atoms with Crippen LogP contribution in [-0.4, -0.2) is 26.2 Å². The molecule has 1 aromatic carbocycles. The maximum absolute atomic E-state index is 12.3. The zero-order chi connectivity index (χ0) is 20.3. The molecule has 0 saturated carbocycles. The number of rotatable bonds is 6. The van der Waals surface area contributed by atoms with Crippen LogP contribution in [0.4, 0.5) is 11.5 Å². The van der Waals surface area contributed by atoms with Crippen molar-refractivity contribution in [2.24, 2.45) is 11.8 Å². The van der Waals surface area contributed by atoms with Crippen LogP contribution in [0.3, 0.4) is 0 Å². The molecule has 0 aliphatic carbocycles. The smallest absolute Gasteiger partial charge is 0.315 e. The average molecular weight is 381 g/mol. The number of amides is 2. The van der Waals surface area contributed by atoms with Crippen LogP contribution >= 0.6 is 0 Å². The maximum atomic E-state index is 12.3. The first-order chi connectivity index (χ1) is 13.3. The van der Waals surface area contributed by atoms with Crippen molar-refractivity contribution in [3.8, 4) is 0 Å². The Morgan fingerprint density at radius 3 is 2.39 bits per heavy atom. The Kier molecular flexibility index (Phi) is 5.82. The van der Waals surface area contributed by atoms with Gasteiger partial charge in [0.2, 0.25) is 0 Å². The number of carbonyl (C=O) groups is 2. The molecular formula is C21H27N5O2. The second-order valence-electron chi connectivity index (χ2n) is 7.84. The third kappa shape index (κ3) is 4.60. The summed E-state index contributed by atoms with van der Waals surface area (Å²) < 4.78 is 3.87. The van der Waals surface area contributed by atoms with Gasteiger partial charge in [-0.25, -0.2) is 4.68 Å². The minimum atomic E-state index is -0.719. The quantitative estimate of drug-likeness (QED) is 0.639. The van der Waals surface area contributed by atoms with E-state index in [0.29, 0.717) is 29.9 Å². The summed E-state index contributed by atoms with van der Waals surface area (Å²) in [6, 6.07) is 9.34. The van der Waals surface area contributed by atoms with Gasteiger partial charge in [0.05, 0.1) is 6.20 Å². The second kappa shape index (κ2) is 8.29. The van der Waals surface area contributed by atoms with Crippen LogP contribution in [-0.2, 0) is 22.7 Å². The van der Waals surface area contributed by atoms with E-state index in [-0.39, 0.29) is 0 Å². The summed E-state index contributed by atoms with van der Waals surface area (Å²) in [6.45, 7) is 10.1. The molecule has 0 radical (unpaired) electrons. The van der Waals surface area contributed by atoms with E-state index in [1.807, 2.05) is 30.5 Å². The van der Waals surface area contributed by atoms with Crippen LogP contribution in [0.5, 0.6) is 0 Å².